The fourth-order valence-electron chi connectivity index (χ4n) is 0.716. The second kappa shape index (κ2) is 4.24. The molecular formula is C8H5Cl2NO. The number of carbonyl (C=O) groups excluding carboxylic acids is 1. The van der Waals surface area contributed by atoms with Gasteiger partial charge in [-0.1, -0.05) is 23.2 Å². The third-order valence-electron chi connectivity index (χ3n) is 1.23. The number of aromatic nitrogens is 1. The normalized spacial score (nSPS) is 10.5. The van der Waals surface area contributed by atoms with Crippen LogP contribution in [0.15, 0.2) is 18.5 Å². The van der Waals surface area contributed by atoms with Crippen molar-refractivity contribution in [1.29, 1.82) is 0 Å². The fraction of sp³-hybridized carbons (Fsp3) is 0. The van der Waals surface area contributed by atoms with Crippen molar-refractivity contribution < 1.29 is 4.79 Å². The number of halogens is 2. The molecule has 1 aromatic heterocycles. The molecule has 0 atom stereocenters. The maximum atomic E-state index is 10.0. The molecule has 0 unspecified atom stereocenters. The SMILES string of the molecule is O=C/C=C/c1c(Cl)cncc1Cl. The summed E-state index contributed by atoms with van der Waals surface area (Å²) in [5, 5.41) is 0.862. The summed E-state index contributed by atoms with van der Waals surface area (Å²) in [7, 11) is 0. The molecule has 1 heterocycles. The first-order valence-electron chi connectivity index (χ1n) is 3.16. The lowest BCUT2D eigenvalue weighted by atomic mass is 10.2. The molecule has 0 aliphatic carbocycles. The number of pyridine rings is 1. The molecule has 0 fully saturated rings. The van der Waals surface area contributed by atoms with Crippen LogP contribution in [0.4, 0.5) is 0 Å². The summed E-state index contributed by atoms with van der Waals surface area (Å²) < 4.78 is 0. The highest BCUT2D eigenvalue weighted by Gasteiger charge is 2.00. The van der Waals surface area contributed by atoms with Crippen molar-refractivity contribution in [3.05, 3.63) is 34.1 Å². The van der Waals surface area contributed by atoms with Crippen molar-refractivity contribution >= 4 is 35.6 Å². The van der Waals surface area contributed by atoms with E-state index in [1.54, 1.807) is 6.08 Å². The summed E-state index contributed by atoms with van der Waals surface area (Å²) in [5.41, 5.74) is 0.612. The Morgan fingerprint density at radius 1 is 1.25 bits per heavy atom. The molecule has 62 valence electrons. The van der Waals surface area contributed by atoms with Gasteiger partial charge in [0, 0.05) is 18.0 Å². The van der Waals surface area contributed by atoms with Crippen molar-refractivity contribution in [3.8, 4) is 0 Å². The Morgan fingerprint density at radius 3 is 2.33 bits per heavy atom. The van der Waals surface area contributed by atoms with E-state index >= 15 is 0 Å². The molecule has 0 amide bonds. The predicted molar refractivity (Wildman–Crippen MR) is 49.4 cm³/mol. The Hall–Kier alpha value is -0.860. The molecule has 12 heavy (non-hydrogen) atoms. The minimum Gasteiger partial charge on any atom is -0.299 e. The summed E-state index contributed by atoms with van der Waals surface area (Å²) in [5.74, 6) is 0. The Kier molecular flexibility index (Phi) is 3.26. The molecule has 0 saturated heterocycles. The highest BCUT2D eigenvalue weighted by atomic mass is 35.5. The van der Waals surface area contributed by atoms with Crippen LogP contribution in [0.1, 0.15) is 5.56 Å². The van der Waals surface area contributed by atoms with E-state index in [4.69, 9.17) is 23.2 Å². The lowest BCUT2D eigenvalue weighted by Gasteiger charge is -1.98. The van der Waals surface area contributed by atoms with E-state index in [-0.39, 0.29) is 0 Å². The third kappa shape index (κ3) is 2.06. The van der Waals surface area contributed by atoms with Crippen LogP contribution in [0.25, 0.3) is 6.08 Å². The van der Waals surface area contributed by atoms with E-state index in [0.717, 1.165) is 0 Å². The molecule has 0 aliphatic rings. The average Bonchev–Trinajstić information content (AvgIpc) is 2.04. The average molecular weight is 202 g/mol. The number of carbonyl (C=O) groups is 1. The van der Waals surface area contributed by atoms with E-state index in [2.05, 4.69) is 4.98 Å². The number of hydrogen-bond donors (Lipinski definition) is 0. The van der Waals surface area contributed by atoms with Crippen molar-refractivity contribution in [3.63, 3.8) is 0 Å². The van der Waals surface area contributed by atoms with Crippen LogP contribution in [-0.4, -0.2) is 11.3 Å². The standard InChI is InChI=1S/C8H5Cl2NO/c9-7-4-11-5-8(10)6(7)2-1-3-12/h1-5H/b2-1+. The van der Waals surface area contributed by atoms with Gasteiger partial charge in [0.2, 0.25) is 0 Å². The lowest BCUT2D eigenvalue weighted by Crippen LogP contribution is -1.80. The van der Waals surface area contributed by atoms with Gasteiger partial charge in [-0.3, -0.25) is 9.78 Å². The molecule has 0 aromatic carbocycles. The molecular weight excluding hydrogens is 197 g/mol. The Labute approximate surface area is 79.8 Å². The maximum absolute atomic E-state index is 10.0. The van der Waals surface area contributed by atoms with Gasteiger partial charge in [-0.15, -0.1) is 0 Å². The topological polar surface area (TPSA) is 30.0 Å². The van der Waals surface area contributed by atoms with Gasteiger partial charge in [0.15, 0.2) is 0 Å². The molecule has 0 N–H and O–H groups in total. The second-order valence-electron chi connectivity index (χ2n) is 2.01. The van der Waals surface area contributed by atoms with Gasteiger partial charge < -0.3 is 0 Å². The number of hydrogen-bond acceptors (Lipinski definition) is 2. The van der Waals surface area contributed by atoms with Crippen LogP contribution in [0.2, 0.25) is 10.0 Å². The molecule has 1 aromatic rings. The van der Waals surface area contributed by atoms with Gasteiger partial charge in [-0.05, 0) is 12.2 Å². The first kappa shape index (κ1) is 9.23. The van der Waals surface area contributed by atoms with Crippen LogP contribution in [0, 0.1) is 0 Å². The minimum atomic E-state index is 0.431. The van der Waals surface area contributed by atoms with Crippen molar-refractivity contribution in [1.82, 2.24) is 4.98 Å². The molecule has 2 nitrogen and oxygen atoms in total. The zero-order valence-corrected chi connectivity index (χ0v) is 7.51. The molecule has 0 aliphatic heterocycles. The van der Waals surface area contributed by atoms with Crippen molar-refractivity contribution in [2.45, 2.75) is 0 Å². The van der Waals surface area contributed by atoms with Crippen LogP contribution in [0.5, 0.6) is 0 Å². The van der Waals surface area contributed by atoms with Crippen LogP contribution >= 0.6 is 23.2 Å². The largest absolute Gasteiger partial charge is 0.299 e. The first-order chi connectivity index (χ1) is 5.75. The van der Waals surface area contributed by atoms with Gasteiger partial charge in [0.25, 0.3) is 0 Å². The van der Waals surface area contributed by atoms with Gasteiger partial charge in [-0.25, -0.2) is 0 Å². The van der Waals surface area contributed by atoms with Crippen molar-refractivity contribution in [2.24, 2.45) is 0 Å². The molecule has 1 rings (SSSR count). The van der Waals surface area contributed by atoms with Gasteiger partial charge in [0.1, 0.15) is 6.29 Å². The maximum Gasteiger partial charge on any atom is 0.142 e. The Morgan fingerprint density at radius 2 is 1.83 bits per heavy atom. The Balaban J connectivity index is 3.12. The van der Waals surface area contributed by atoms with E-state index in [9.17, 15) is 4.79 Å². The lowest BCUT2D eigenvalue weighted by molar-refractivity contribution is -0.104. The number of allylic oxidation sites excluding steroid dienone is 1. The summed E-state index contributed by atoms with van der Waals surface area (Å²) in [6.07, 6.45) is 6.47. The predicted octanol–water partition coefficient (Wildman–Crippen LogP) is 2.60. The van der Waals surface area contributed by atoms with E-state index in [1.807, 2.05) is 0 Å². The van der Waals surface area contributed by atoms with Crippen LogP contribution < -0.4 is 0 Å². The Bertz CT molecular complexity index is 303. The van der Waals surface area contributed by atoms with E-state index < -0.39 is 0 Å². The second-order valence-corrected chi connectivity index (χ2v) is 2.83. The monoisotopic (exact) mass is 201 g/mol. The first-order valence-corrected chi connectivity index (χ1v) is 3.92. The van der Waals surface area contributed by atoms with Crippen LogP contribution in [0.3, 0.4) is 0 Å². The smallest absolute Gasteiger partial charge is 0.142 e. The summed E-state index contributed by atoms with van der Waals surface area (Å²) in [6.45, 7) is 0. The number of rotatable bonds is 2. The molecule has 0 spiro atoms. The van der Waals surface area contributed by atoms with E-state index in [0.29, 0.717) is 21.9 Å². The zero-order valence-electron chi connectivity index (χ0n) is 6.00. The summed E-state index contributed by atoms with van der Waals surface area (Å²) >= 11 is 11.5. The minimum absolute atomic E-state index is 0.431. The quantitative estimate of drug-likeness (QED) is 0.544. The molecule has 0 saturated carbocycles. The number of nitrogens with zero attached hydrogens (tertiary/aromatic N) is 1. The number of aldehydes is 1. The molecule has 4 heteroatoms. The highest BCUT2D eigenvalue weighted by molar-refractivity contribution is 6.36. The van der Waals surface area contributed by atoms with E-state index in [1.165, 1.54) is 18.5 Å². The highest BCUT2D eigenvalue weighted by Crippen LogP contribution is 2.23. The fourth-order valence-corrected chi connectivity index (χ4v) is 1.21. The summed E-state index contributed by atoms with van der Waals surface area (Å²) in [4.78, 5) is 13.8. The molecule has 0 bridgehead atoms. The van der Waals surface area contributed by atoms with Gasteiger partial charge in [0.05, 0.1) is 10.0 Å². The molecule has 0 radical (unpaired) electrons. The van der Waals surface area contributed by atoms with Crippen LogP contribution in [-0.2, 0) is 4.79 Å². The van der Waals surface area contributed by atoms with Crippen molar-refractivity contribution in [2.75, 3.05) is 0 Å². The third-order valence-corrected chi connectivity index (χ3v) is 1.83. The van der Waals surface area contributed by atoms with Gasteiger partial charge >= 0.3 is 0 Å². The zero-order chi connectivity index (χ0) is 8.97. The van der Waals surface area contributed by atoms with Gasteiger partial charge in [-0.2, -0.15) is 0 Å². The summed E-state index contributed by atoms with van der Waals surface area (Å²) in [6, 6.07) is 0.